The molecule has 1 heterocycles. The molecular formula is C39H24Cl2CrN10O14S2. The number of hydrogen-bond acceptors (Lipinski definition) is 22. The Bertz CT molecular complexity index is 3470. The predicted molar refractivity (Wildman–Crippen MR) is 240 cm³/mol. The summed E-state index contributed by atoms with van der Waals surface area (Å²) in [5.41, 5.74) is -0.762. The minimum Gasteiger partial charge on any atom is -0.506 e. The predicted octanol–water partition coefficient (Wildman–Crippen LogP) is 11.2. The minimum atomic E-state index is -4.81. The molecule has 7 N–H and O–H groups in total. The molecule has 8 rings (SSSR count). The van der Waals surface area contributed by atoms with Crippen molar-refractivity contribution >= 4 is 123 Å². The number of non-ortho nitro benzene ring substituents is 2. The van der Waals surface area contributed by atoms with E-state index in [0.717, 1.165) is 41.8 Å². The van der Waals surface area contributed by atoms with E-state index < -0.39 is 36.3 Å². The molecule has 7 aromatic carbocycles. The molecule has 0 aliphatic carbocycles. The van der Waals surface area contributed by atoms with E-state index >= 15 is 0 Å². The number of aromatic nitrogens is 3. The Balaban J connectivity index is 0.000000223. The number of benzene rings is 7. The largest absolute Gasteiger partial charge is 0.506 e. The normalized spacial score (nSPS) is 11.5. The number of fused-ring (bicyclic) bond motifs is 3. The van der Waals surface area contributed by atoms with Crippen LogP contribution in [0, 0.1) is 20.2 Å². The molecule has 0 saturated carbocycles. The number of anilines is 2. The van der Waals surface area contributed by atoms with Crippen molar-refractivity contribution in [2.24, 2.45) is 20.5 Å². The Labute approximate surface area is 404 Å². The van der Waals surface area contributed by atoms with Gasteiger partial charge in [0, 0.05) is 74.9 Å². The zero-order valence-electron chi connectivity index (χ0n) is 33.3. The van der Waals surface area contributed by atoms with Gasteiger partial charge in [-0.3, -0.25) is 24.8 Å². The minimum absolute atomic E-state index is 0. The quantitative estimate of drug-likeness (QED) is 0.0149. The number of hydrogen-bond donors (Lipinski definition) is 7. The van der Waals surface area contributed by atoms with Crippen molar-refractivity contribution in [3.8, 4) is 23.0 Å². The second kappa shape index (κ2) is 21.0. The van der Waals surface area contributed by atoms with Gasteiger partial charge in [0.15, 0.2) is 5.75 Å². The SMILES string of the molecule is O=[N+]([O-])c1ccc(O)c(N=Nc2c(SOOO)cc3ccc(Nc4nc(Cl)nc(Cl)n4)cc3c2O)c1.O=[N+]([O-])c1ccc2c(N=Nc3c(O)ccc4ccccc34)c(O)cc(S(=O)(=O)O)c2c1.[Cr]. The molecule has 0 saturated heterocycles. The first-order chi connectivity index (χ1) is 31.9. The van der Waals surface area contributed by atoms with E-state index in [1.165, 1.54) is 18.2 Å². The number of phenols is 4. The summed E-state index contributed by atoms with van der Waals surface area (Å²) in [4.78, 5) is 31.7. The summed E-state index contributed by atoms with van der Waals surface area (Å²) in [6.07, 6.45) is 0. The first kappa shape index (κ1) is 50.0. The first-order valence-electron chi connectivity index (χ1n) is 18.1. The van der Waals surface area contributed by atoms with E-state index in [2.05, 4.69) is 50.1 Å². The zero-order valence-corrected chi connectivity index (χ0v) is 37.7. The van der Waals surface area contributed by atoms with Crippen LogP contribution in [0.3, 0.4) is 0 Å². The van der Waals surface area contributed by atoms with E-state index in [9.17, 15) is 53.6 Å². The van der Waals surface area contributed by atoms with Gasteiger partial charge in [0.25, 0.3) is 21.5 Å². The van der Waals surface area contributed by atoms with Crippen LogP contribution in [-0.4, -0.2) is 63.5 Å². The van der Waals surface area contributed by atoms with Gasteiger partial charge in [-0.25, -0.2) is 5.26 Å². The van der Waals surface area contributed by atoms with Gasteiger partial charge in [0.1, 0.15) is 44.9 Å². The molecule has 0 atom stereocenters. The molecule has 0 fully saturated rings. The van der Waals surface area contributed by atoms with E-state index in [-0.39, 0.29) is 101 Å². The molecule has 0 radical (unpaired) electrons. The van der Waals surface area contributed by atoms with Crippen LogP contribution in [0.25, 0.3) is 32.3 Å². The maximum atomic E-state index is 11.7. The summed E-state index contributed by atoms with van der Waals surface area (Å²) < 4.78 is 37.5. The Morgan fingerprint density at radius 1 is 0.647 bits per heavy atom. The van der Waals surface area contributed by atoms with Gasteiger partial charge in [-0.1, -0.05) is 41.4 Å². The molecule has 346 valence electrons. The summed E-state index contributed by atoms with van der Waals surface area (Å²) in [6.45, 7) is 0. The second-order valence-electron chi connectivity index (χ2n) is 13.2. The van der Waals surface area contributed by atoms with Gasteiger partial charge in [-0.15, -0.1) is 24.8 Å². The second-order valence-corrected chi connectivity index (χ2v) is 16.1. The summed E-state index contributed by atoms with van der Waals surface area (Å²) in [6, 6.07) is 23.7. The average Bonchev–Trinajstić information content (AvgIpc) is 3.28. The molecule has 0 bridgehead atoms. The molecule has 0 spiro atoms. The van der Waals surface area contributed by atoms with Crippen molar-refractivity contribution in [3.05, 3.63) is 134 Å². The summed E-state index contributed by atoms with van der Waals surface area (Å²) in [5, 5.41) is 96.3. The Kier molecular flexibility index (Phi) is 15.5. The van der Waals surface area contributed by atoms with Crippen LogP contribution in [0.1, 0.15) is 0 Å². The molecule has 1 aromatic heterocycles. The molecule has 0 amide bonds. The fourth-order valence-electron chi connectivity index (χ4n) is 6.18. The Hall–Kier alpha value is -7.42. The van der Waals surface area contributed by atoms with Gasteiger partial charge in [-0.05, 0) is 70.4 Å². The zero-order chi connectivity index (χ0) is 48.2. The smallest absolute Gasteiger partial charge is 0.295 e. The van der Waals surface area contributed by atoms with Gasteiger partial charge >= 0.3 is 0 Å². The number of phenolic OH excluding ortho intramolecular Hbond substituents is 4. The van der Waals surface area contributed by atoms with E-state index in [4.69, 9.17) is 28.5 Å². The number of nitrogens with zero attached hydrogens (tertiary/aromatic N) is 9. The molecule has 0 unspecified atom stereocenters. The number of nitro benzene ring substituents is 2. The Morgan fingerprint density at radius 2 is 1.26 bits per heavy atom. The summed E-state index contributed by atoms with van der Waals surface area (Å²) in [7, 11) is -4.81. The third-order valence-electron chi connectivity index (χ3n) is 9.12. The number of nitro groups is 2. The van der Waals surface area contributed by atoms with Crippen molar-refractivity contribution in [2.45, 2.75) is 9.79 Å². The van der Waals surface area contributed by atoms with Gasteiger partial charge in [-0.2, -0.15) is 23.4 Å². The van der Waals surface area contributed by atoms with Crippen LogP contribution >= 0.6 is 35.2 Å². The van der Waals surface area contributed by atoms with Gasteiger partial charge in [0.05, 0.1) is 26.8 Å². The molecule has 29 heteroatoms. The number of rotatable bonds is 12. The van der Waals surface area contributed by atoms with Crippen LogP contribution in [-0.2, 0) is 36.9 Å². The first-order valence-corrected chi connectivity index (χ1v) is 21.1. The third kappa shape index (κ3) is 11.2. The van der Waals surface area contributed by atoms with Crippen LogP contribution in [0.4, 0.5) is 45.8 Å². The average molecular weight is 1040 g/mol. The fraction of sp³-hybridized carbons (Fsp3) is 0. The number of halogens is 2. The fourth-order valence-corrected chi connectivity index (χ4v) is 7.75. The maximum Gasteiger partial charge on any atom is 0.295 e. The maximum absolute atomic E-state index is 11.7. The molecule has 68 heavy (non-hydrogen) atoms. The van der Waals surface area contributed by atoms with Crippen LogP contribution in [0.2, 0.25) is 10.6 Å². The van der Waals surface area contributed by atoms with Gasteiger partial charge in [0.2, 0.25) is 16.5 Å². The van der Waals surface area contributed by atoms with Crippen molar-refractivity contribution < 1.29 is 75.2 Å². The van der Waals surface area contributed by atoms with Crippen molar-refractivity contribution in [2.75, 3.05) is 5.32 Å². The number of azo groups is 2. The van der Waals surface area contributed by atoms with Crippen molar-refractivity contribution in [1.29, 1.82) is 0 Å². The number of aromatic hydroxyl groups is 4. The van der Waals surface area contributed by atoms with Crippen LogP contribution in [0.15, 0.2) is 133 Å². The standard InChI is InChI=1S/C20H13N3O7S.C19H11Cl2N7O7S.Cr/c24-16-8-5-11-3-1-2-4-13(11)19(16)21-22-20-14-7-6-12(23(26)27)9-15(14)18(10-17(20)25)31(28,29)30;20-17-23-18(21)25-19(24-17)22-9-2-1-8-5-14(36-35-34-33)15(16(30)11(8)6-9)27-26-12-7-10(28(31)32)3-4-13(12)29;/h1-10,24-25H,(H,28,29,30);1-7,29-30,33H,(H,22,23,24,25);. The van der Waals surface area contributed by atoms with Crippen molar-refractivity contribution in [3.63, 3.8) is 0 Å². The van der Waals surface area contributed by atoms with Crippen LogP contribution in [0.5, 0.6) is 23.0 Å². The summed E-state index contributed by atoms with van der Waals surface area (Å²) >= 11 is 12.1. The Morgan fingerprint density at radius 3 is 1.94 bits per heavy atom. The monoisotopic (exact) mass is 1040 g/mol. The molecule has 8 aromatic rings. The molecule has 0 aliphatic heterocycles. The third-order valence-corrected chi connectivity index (χ3v) is 11.0. The number of nitrogens with one attached hydrogen (secondary N) is 1. The van der Waals surface area contributed by atoms with E-state index in [1.807, 2.05) is 0 Å². The van der Waals surface area contributed by atoms with E-state index in [0.29, 0.717) is 28.5 Å². The van der Waals surface area contributed by atoms with Crippen LogP contribution < -0.4 is 5.32 Å². The van der Waals surface area contributed by atoms with Crippen molar-refractivity contribution in [1.82, 2.24) is 15.0 Å². The topological polar surface area (TPSA) is 360 Å². The molecule has 24 nitrogen and oxygen atoms in total. The molecule has 0 aliphatic rings. The van der Waals surface area contributed by atoms with Gasteiger partial charge < -0.3 is 25.7 Å². The molecular weight excluding hydrogens is 1020 g/mol. The summed E-state index contributed by atoms with van der Waals surface area (Å²) in [5.74, 6) is -1.50. The van der Waals surface area contributed by atoms with E-state index in [1.54, 1.807) is 48.5 Å².